The Balaban J connectivity index is 2.21. The SMILES string of the molecule is COc1ccc(OC)c(-c2cn3cccc(O)c3n2)c1. The molecule has 0 bridgehead atoms. The number of pyridine rings is 1. The average Bonchev–Trinajstić information content (AvgIpc) is 2.92. The molecule has 0 amide bonds. The van der Waals surface area contributed by atoms with Crippen molar-refractivity contribution >= 4 is 5.65 Å². The number of aromatic nitrogens is 2. The van der Waals surface area contributed by atoms with Gasteiger partial charge in [-0.3, -0.25) is 0 Å². The summed E-state index contributed by atoms with van der Waals surface area (Å²) in [5, 5.41) is 9.82. The number of hydrogen-bond acceptors (Lipinski definition) is 4. The molecule has 0 unspecified atom stereocenters. The molecule has 102 valence electrons. The molecule has 0 spiro atoms. The van der Waals surface area contributed by atoms with Gasteiger partial charge in [-0.15, -0.1) is 0 Å². The number of rotatable bonds is 3. The lowest BCUT2D eigenvalue weighted by atomic mass is 10.1. The van der Waals surface area contributed by atoms with Gasteiger partial charge >= 0.3 is 0 Å². The van der Waals surface area contributed by atoms with Crippen LogP contribution in [0.2, 0.25) is 0 Å². The molecule has 1 aromatic carbocycles. The third-order valence-electron chi connectivity index (χ3n) is 3.14. The van der Waals surface area contributed by atoms with Crippen LogP contribution in [0.4, 0.5) is 0 Å². The lowest BCUT2D eigenvalue weighted by Crippen LogP contribution is -1.90. The summed E-state index contributed by atoms with van der Waals surface area (Å²) in [6.45, 7) is 0. The minimum absolute atomic E-state index is 0.139. The highest BCUT2D eigenvalue weighted by Crippen LogP contribution is 2.33. The number of methoxy groups -OCH3 is 2. The molecule has 0 aliphatic rings. The molecule has 0 aliphatic carbocycles. The number of benzene rings is 1. The molecule has 0 atom stereocenters. The van der Waals surface area contributed by atoms with Crippen molar-refractivity contribution in [3.05, 3.63) is 42.7 Å². The van der Waals surface area contributed by atoms with E-state index in [1.807, 2.05) is 30.6 Å². The summed E-state index contributed by atoms with van der Waals surface area (Å²) in [4.78, 5) is 4.44. The first-order valence-corrected chi connectivity index (χ1v) is 6.12. The molecule has 0 fully saturated rings. The number of imidazole rings is 1. The minimum atomic E-state index is 0.139. The van der Waals surface area contributed by atoms with Gasteiger partial charge in [0.1, 0.15) is 11.5 Å². The van der Waals surface area contributed by atoms with E-state index < -0.39 is 0 Å². The first-order valence-electron chi connectivity index (χ1n) is 6.12. The van der Waals surface area contributed by atoms with Gasteiger partial charge in [0, 0.05) is 18.0 Å². The van der Waals surface area contributed by atoms with Gasteiger partial charge in [0.05, 0.1) is 19.9 Å². The predicted octanol–water partition coefficient (Wildman–Crippen LogP) is 2.72. The molecular formula is C15H14N2O3. The van der Waals surface area contributed by atoms with Crippen molar-refractivity contribution in [2.24, 2.45) is 0 Å². The highest BCUT2D eigenvalue weighted by Gasteiger charge is 2.12. The lowest BCUT2D eigenvalue weighted by molar-refractivity contribution is 0.404. The highest BCUT2D eigenvalue weighted by molar-refractivity contribution is 5.72. The van der Waals surface area contributed by atoms with Gasteiger partial charge in [0.25, 0.3) is 0 Å². The van der Waals surface area contributed by atoms with Crippen LogP contribution in [0.25, 0.3) is 16.9 Å². The van der Waals surface area contributed by atoms with Crippen molar-refractivity contribution in [3.8, 4) is 28.5 Å². The quantitative estimate of drug-likeness (QED) is 0.795. The van der Waals surface area contributed by atoms with Crippen molar-refractivity contribution in [1.82, 2.24) is 9.38 Å². The Morgan fingerprint density at radius 2 is 2.00 bits per heavy atom. The molecule has 0 saturated carbocycles. The first-order chi connectivity index (χ1) is 9.72. The van der Waals surface area contributed by atoms with E-state index in [0.717, 1.165) is 11.3 Å². The Labute approximate surface area is 116 Å². The van der Waals surface area contributed by atoms with Gasteiger partial charge in [-0.05, 0) is 30.3 Å². The molecule has 0 radical (unpaired) electrons. The maximum atomic E-state index is 9.82. The molecule has 0 aliphatic heterocycles. The highest BCUT2D eigenvalue weighted by atomic mass is 16.5. The Morgan fingerprint density at radius 1 is 1.15 bits per heavy atom. The van der Waals surface area contributed by atoms with E-state index in [1.54, 1.807) is 30.8 Å². The Morgan fingerprint density at radius 3 is 2.70 bits per heavy atom. The van der Waals surface area contributed by atoms with Crippen LogP contribution >= 0.6 is 0 Å². The average molecular weight is 270 g/mol. The monoisotopic (exact) mass is 270 g/mol. The molecular weight excluding hydrogens is 256 g/mol. The molecule has 2 heterocycles. The van der Waals surface area contributed by atoms with Gasteiger partial charge in [0.2, 0.25) is 0 Å². The van der Waals surface area contributed by atoms with E-state index in [1.165, 1.54) is 0 Å². The van der Waals surface area contributed by atoms with Crippen molar-refractivity contribution < 1.29 is 14.6 Å². The van der Waals surface area contributed by atoms with Crippen LogP contribution in [-0.2, 0) is 0 Å². The van der Waals surface area contributed by atoms with E-state index >= 15 is 0 Å². The summed E-state index contributed by atoms with van der Waals surface area (Å²) in [5.41, 5.74) is 2.03. The molecule has 3 aromatic rings. The van der Waals surface area contributed by atoms with Crippen LogP contribution in [0.1, 0.15) is 0 Å². The summed E-state index contributed by atoms with van der Waals surface area (Å²) >= 11 is 0. The van der Waals surface area contributed by atoms with Gasteiger partial charge in [-0.25, -0.2) is 4.98 Å². The topological polar surface area (TPSA) is 56.0 Å². The molecule has 5 nitrogen and oxygen atoms in total. The van der Waals surface area contributed by atoms with Gasteiger partial charge < -0.3 is 19.0 Å². The van der Waals surface area contributed by atoms with Gasteiger partial charge in [-0.1, -0.05) is 0 Å². The largest absolute Gasteiger partial charge is 0.504 e. The van der Waals surface area contributed by atoms with Crippen molar-refractivity contribution in [2.75, 3.05) is 14.2 Å². The zero-order valence-electron chi connectivity index (χ0n) is 11.2. The Bertz CT molecular complexity index is 765. The Kier molecular flexibility index (Phi) is 2.95. The molecule has 0 saturated heterocycles. The zero-order chi connectivity index (χ0) is 14.1. The summed E-state index contributed by atoms with van der Waals surface area (Å²) in [6.07, 6.45) is 3.67. The van der Waals surface area contributed by atoms with E-state index in [9.17, 15) is 5.11 Å². The van der Waals surface area contributed by atoms with Crippen LogP contribution in [0.15, 0.2) is 42.7 Å². The first kappa shape index (κ1) is 12.3. The smallest absolute Gasteiger partial charge is 0.180 e. The second-order valence-corrected chi connectivity index (χ2v) is 4.32. The molecule has 3 rings (SSSR count). The number of ether oxygens (including phenoxy) is 2. The summed E-state index contributed by atoms with van der Waals surface area (Å²) in [5.74, 6) is 1.57. The van der Waals surface area contributed by atoms with Crippen molar-refractivity contribution in [2.45, 2.75) is 0 Å². The number of aromatic hydroxyl groups is 1. The van der Waals surface area contributed by atoms with E-state index in [-0.39, 0.29) is 5.75 Å². The lowest BCUT2D eigenvalue weighted by Gasteiger charge is -2.08. The second-order valence-electron chi connectivity index (χ2n) is 4.32. The van der Waals surface area contributed by atoms with Crippen molar-refractivity contribution in [1.29, 1.82) is 0 Å². The minimum Gasteiger partial charge on any atom is -0.504 e. The number of fused-ring (bicyclic) bond motifs is 1. The fourth-order valence-corrected chi connectivity index (χ4v) is 2.14. The number of hydrogen-bond donors (Lipinski definition) is 1. The fourth-order valence-electron chi connectivity index (χ4n) is 2.14. The molecule has 20 heavy (non-hydrogen) atoms. The summed E-state index contributed by atoms with van der Waals surface area (Å²) in [6, 6.07) is 8.89. The molecule has 1 N–H and O–H groups in total. The van der Waals surface area contributed by atoms with Gasteiger partial charge in [-0.2, -0.15) is 0 Å². The maximum absolute atomic E-state index is 9.82. The third kappa shape index (κ3) is 1.93. The van der Waals surface area contributed by atoms with E-state index in [2.05, 4.69) is 4.98 Å². The predicted molar refractivity (Wildman–Crippen MR) is 75.4 cm³/mol. The third-order valence-corrected chi connectivity index (χ3v) is 3.14. The maximum Gasteiger partial charge on any atom is 0.180 e. The zero-order valence-corrected chi connectivity index (χ0v) is 11.2. The van der Waals surface area contributed by atoms with Gasteiger partial charge in [0.15, 0.2) is 11.4 Å². The number of nitrogens with zero attached hydrogens (tertiary/aromatic N) is 2. The van der Waals surface area contributed by atoms with Crippen molar-refractivity contribution in [3.63, 3.8) is 0 Å². The van der Waals surface area contributed by atoms with E-state index in [0.29, 0.717) is 17.1 Å². The van der Waals surface area contributed by atoms with Crippen LogP contribution in [0.5, 0.6) is 17.2 Å². The second kappa shape index (κ2) is 4.77. The van der Waals surface area contributed by atoms with E-state index in [4.69, 9.17) is 9.47 Å². The molecule has 2 aromatic heterocycles. The van der Waals surface area contributed by atoms with Crippen LogP contribution in [0.3, 0.4) is 0 Å². The Hall–Kier alpha value is -2.69. The fraction of sp³-hybridized carbons (Fsp3) is 0.133. The van der Waals surface area contributed by atoms with Crippen LogP contribution in [0, 0.1) is 0 Å². The summed E-state index contributed by atoms with van der Waals surface area (Å²) in [7, 11) is 3.22. The van der Waals surface area contributed by atoms with Crippen LogP contribution in [-0.4, -0.2) is 28.7 Å². The molecule has 5 heteroatoms. The standard InChI is InChI=1S/C15H14N2O3/c1-19-10-5-6-14(20-2)11(8-10)12-9-17-7-3-4-13(18)15(17)16-12/h3-9,18H,1-2H3. The van der Waals surface area contributed by atoms with Crippen LogP contribution < -0.4 is 9.47 Å². The normalized spacial score (nSPS) is 10.7. The summed E-state index contributed by atoms with van der Waals surface area (Å²) < 4.78 is 12.4.